The van der Waals surface area contributed by atoms with Gasteiger partial charge in [-0.25, -0.2) is 4.98 Å². The number of pyridine rings is 1. The van der Waals surface area contributed by atoms with Crippen molar-refractivity contribution >= 4 is 33.5 Å². The van der Waals surface area contributed by atoms with Gasteiger partial charge >= 0.3 is 0 Å². The van der Waals surface area contributed by atoms with Crippen molar-refractivity contribution in [1.82, 2.24) is 14.5 Å². The number of imidazole rings is 1. The molecule has 134 valence electrons. The van der Waals surface area contributed by atoms with Crippen molar-refractivity contribution in [3.63, 3.8) is 0 Å². The summed E-state index contributed by atoms with van der Waals surface area (Å²) < 4.78 is 2.01. The lowest BCUT2D eigenvalue weighted by Gasteiger charge is -2.09. The number of anilines is 1. The van der Waals surface area contributed by atoms with Gasteiger partial charge in [-0.1, -0.05) is 24.3 Å². The minimum atomic E-state index is -0.174. The van der Waals surface area contributed by atoms with E-state index in [0.717, 1.165) is 33.3 Å². The average molecular weight is 364 g/mol. The summed E-state index contributed by atoms with van der Waals surface area (Å²) in [6.45, 7) is 0. The Labute approximate surface area is 161 Å². The third-order valence-electron chi connectivity index (χ3n) is 4.74. The number of carbonyl (C=O) groups is 1. The second-order valence-corrected chi connectivity index (χ2v) is 6.48. The van der Waals surface area contributed by atoms with Crippen LogP contribution in [0.5, 0.6) is 0 Å². The summed E-state index contributed by atoms with van der Waals surface area (Å²) in [7, 11) is 0. The van der Waals surface area contributed by atoms with E-state index in [1.165, 1.54) is 0 Å². The van der Waals surface area contributed by atoms with Crippen molar-refractivity contribution in [3.8, 4) is 5.69 Å². The zero-order valence-corrected chi connectivity index (χ0v) is 14.9. The Morgan fingerprint density at radius 1 is 0.821 bits per heavy atom. The summed E-state index contributed by atoms with van der Waals surface area (Å²) in [6, 6.07) is 25.1. The van der Waals surface area contributed by atoms with E-state index in [1.54, 1.807) is 12.5 Å². The van der Waals surface area contributed by atoms with Gasteiger partial charge < -0.3 is 5.32 Å². The average Bonchev–Trinajstić information content (AvgIpc) is 3.18. The fourth-order valence-corrected chi connectivity index (χ4v) is 3.36. The van der Waals surface area contributed by atoms with Crippen LogP contribution in [0.2, 0.25) is 0 Å². The van der Waals surface area contributed by atoms with Crippen molar-refractivity contribution in [2.45, 2.75) is 0 Å². The lowest BCUT2D eigenvalue weighted by molar-refractivity contribution is 0.102. The van der Waals surface area contributed by atoms with E-state index in [9.17, 15) is 4.79 Å². The van der Waals surface area contributed by atoms with E-state index in [0.29, 0.717) is 5.56 Å². The molecule has 1 amide bonds. The highest BCUT2D eigenvalue weighted by Gasteiger charge is 2.12. The number of aromatic nitrogens is 3. The molecule has 0 radical (unpaired) electrons. The van der Waals surface area contributed by atoms with E-state index in [2.05, 4.69) is 15.3 Å². The van der Waals surface area contributed by atoms with E-state index >= 15 is 0 Å². The lowest BCUT2D eigenvalue weighted by Crippen LogP contribution is -2.12. The normalized spacial score (nSPS) is 11.0. The number of rotatable bonds is 3. The Hall–Kier alpha value is -3.99. The fourth-order valence-electron chi connectivity index (χ4n) is 3.36. The molecule has 0 saturated carbocycles. The van der Waals surface area contributed by atoms with Gasteiger partial charge in [0.15, 0.2) is 0 Å². The minimum Gasteiger partial charge on any atom is -0.321 e. The van der Waals surface area contributed by atoms with E-state index in [-0.39, 0.29) is 5.91 Å². The van der Waals surface area contributed by atoms with Crippen LogP contribution in [-0.2, 0) is 0 Å². The molecule has 1 N–H and O–H groups in total. The maximum Gasteiger partial charge on any atom is 0.255 e. The van der Waals surface area contributed by atoms with Crippen LogP contribution in [-0.4, -0.2) is 20.4 Å². The maximum absolute atomic E-state index is 12.8. The van der Waals surface area contributed by atoms with Gasteiger partial charge in [-0.15, -0.1) is 0 Å². The number of nitrogens with zero attached hydrogens (tertiary/aromatic N) is 3. The maximum atomic E-state index is 12.8. The summed E-state index contributed by atoms with van der Waals surface area (Å²) in [6.07, 6.45) is 3.52. The molecule has 0 aliphatic carbocycles. The van der Waals surface area contributed by atoms with Gasteiger partial charge in [0.2, 0.25) is 0 Å². The van der Waals surface area contributed by atoms with Crippen LogP contribution in [0.1, 0.15) is 10.4 Å². The lowest BCUT2D eigenvalue weighted by atomic mass is 10.1. The Kier molecular flexibility index (Phi) is 3.84. The van der Waals surface area contributed by atoms with Crippen LogP contribution in [0.3, 0.4) is 0 Å². The van der Waals surface area contributed by atoms with Crippen molar-refractivity contribution < 1.29 is 4.79 Å². The van der Waals surface area contributed by atoms with Crippen LogP contribution < -0.4 is 5.32 Å². The first-order valence-corrected chi connectivity index (χ1v) is 8.97. The first kappa shape index (κ1) is 16.2. The monoisotopic (exact) mass is 364 g/mol. The first-order valence-electron chi connectivity index (χ1n) is 8.97. The molecule has 0 aliphatic heterocycles. The number of benzene rings is 3. The molecule has 0 aliphatic rings. The molecule has 0 bridgehead atoms. The van der Waals surface area contributed by atoms with Gasteiger partial charge in [-0.2, -0.15) is 0 Å². The van der Waals surface area contributed by atoms with Gasteiger partial charge in [0, 0.05) is 22.8 Å². The number of hydrogen-bond acceptors (Lipinski definition) is 3. The minimum absolute atomic E-state index is 0.174. The second-order valence-electron chi connectivity index (χ2n) is 6.48. The molecule has 28 heavy (non-hydrogen) atoms. The van der Waals surface area contributed by atoms with Gasteiger partial charge in [-0.05, 0) is 54.6 Å². The fraction of sp³-hybridized carbons (Fsp3) is 0. The number of fused-ring (bicyclic) bond motifs is 2. The first-order chi connectivity index (χ1) is 13.8. The highest BCUT2D eigenvalue weighted by molar-refractivity contribution is 6.09. The van der Waals surface area contributed by atoms with E-state index in [1.807, 2.05) is 83.4 Å². The van der Waals surface area contributed by atoms with Gasteiger partial charge in [0.1, 0.15) is 6.33 Å². The van der Waals surface area contributed by atoms with Gasteiger partial charge in [-0.3, -0.25) is 14.3 Å². The molecule has 5 rings (SSSR count). The molecule has 5 aromatic rings. The van der Waals surface area contributed by atoms with E-state index in [4.69, 9.17) is 0 Å². The number of hydrogen-bond donors (Lipinski definition) is 1. The molecular formula is C23H16N4O. The molecule has 2 heterocycles. The van der Waals surface area contributed by atoms with Gasteiger partial charge in [0.25, 0.3) is 5.91 Å². The molecule has 3 aromatic carbocycles. The van der Waals surface area contributed by atoms with Crippen molar-refractivity contribution in [1.29, 1.82) is 0 Å². The van der Waals surface area contributed by atoms with Crippen molar-refractivity contribution in [3.05, 3.63) is 97.0 Å². The molecule has 0 unspecified atom stereocenters. The quantitative estimate of drug-likeness (QED) is 0.499. The van der Waals surface area contributed by atoms with Crippen molar-refractivity contribution in [2.75, 3.05) is 5.32 Å². The standard InChI is InChI=1S/C23H16N4O/c28-23(26-20-10-4-9-19-18(20)8-5-13-24-19)16-11-12-22-21(14-16)25-15-27(22)17-6-2-1-3-7-17/h1-15H,(H,26,28). The predicted octanol–water partition coefficient (Wildman–Crippen LogP) is 4.83. The third-order valence-corrected chi connectivity index (χ3v) is 4.74. The Morgan fingerprint density at radius 2 is 1.71 bits per heavy atom. The molecular weight excluding hydrogens is 348 g/mol. The molecule has 0 fully saturated rings. The topological polar surface area (TPSA) is 59.8 Å². The third kappa shape index (κ3) is 2.79. The number of nitrogens with one attached hydrogen (secondary N) is 1. The molecule has 0 spiro atoms. The zero-order valence-electron chi connectivity index (χ0n) is 14.9. The van der Waals surface area contributed by atoms with Crippen molar-refractivity contribution in [2.24, 2.45) is 0 Å². The largest absolute Gasteiger partial charge is 0.321 e. The Balaban J connectivity index is 1.48. The Bertz CT molecular complexity index is 1300. The van der Waals surface area contributed by atoms with Crippen LogP contribution in [0, 0.1) is 0 Å². The summed E-state index contributed by atoms with van der Waals surface area (Å²) >= 11 is 0. The van der Waals surface area contributed by atoms with Crippen LogP contribution in [0.15, 0.2) is 91.4 Å². The van der Waals surface area contributed by atoms with Crippen LogP contribution in [0.4, 0.5) is 5.69 Å². The SMILES string of the molecule is O=C(Nc1cccc2ncccc12)c1ccc2c(c1)ncn2-c1ccccc1. The predicted molar refractivity (Wildman–Crippen MR) is 111 cm³/mol. The number of para-hydroxylation sites is 1. The van der Waals surface area contributed by atoms with E-state index < -0.39 is 0 Å². The second kappa shape index (κ2) is 6.63. The molecule has 2 aromatic heterocycles. The number of carbonyl (C=O) groups excluding carboxylic acids is 1. The van der Waals surface area contributed by atoms with Crippen LogP contribution in [0.25, 0.3) is 27.6 Å². The summed E-state index contributed by atoms with van der Waals surface area (Å²) in [5, 5.41) is 3.90. The number of amides is 1. The zero-order chi connectivity index (χ0) is 18.9. The molecule has 5 heteroatoms. The smallest absolute Gasteiger partial charge is 0.255 e. The van der Waals surface area contributed by atoms with Crippen LogP contribution >= 0.6 is 0 Å². The highest BCUT2D eigenvalue weighted by Crippen LogP contribution is 2.23. The Morgan fingerprint density at radius 3 is 2.61 bits per heavy atom. The highest BCUT2D eigenvalue weighted by atomic mass is 16.1. The summed E-state index contributed by atoms with van der Waals surface area (Å²) in [4.78, 5) is 21.6. The van der Waals surface area contributed by atoms with Gasteiger partial charge in [0.05, 0.1) is 22.2 Å². The molecule has 0 atom stereocenters. The summed E-state index contributed by atoms with van der Waals surface area (Å²) in [5.41, 5.74) is 4.91. The molecule has 5 nitrogen and oxygen atoms in total. The molecule has 0 saturated heterocycles. The summed E-state index contributed by atoms with van der Waals surface area (Å²) in [5.74, 6) is -0.174.